The molecule has 2 unspecified atom stereocenters. The first-order valence-corrected chi connectivity index (χ1v) is 11.2. The van der Waals surface area contributed by atoms with Crippen LogP contribution in [-0.4, -0.2) is 93.0 Å². The fourth-order valence-electron chi connectivity index (χ4n) is 3.98. The van der Waals surface area contributed by atoms with Gasteiger partial charge in [0.2, 0.25) is 0 Å². The number of carbonyl (C=O) groups excluding carboxylic acids is 2. The maximum absolute atomic E-state index is 12.1. The molecule has 0 bridgehead atoms. The van der Waals surface area contributed by atoms with Gasteiger partial charge in [0.15, 0.2) is 11.6 Å². The number of allylic oxidation sites excluding steroid dienone is 1. The molecule has 0 amide bonds. The molecule has 174 valence electrons. The van der Waals surface area contributed by atoms with Crippen LogP contribution in [0.5, 0.6) is 0 Å². The van der Waals surface area contributed by atoms with Crippen molar-refractivity contribution in [3.63, 3.8) is 0 Å². The lowest BCUT2D eigenvalue weighted by Crippen LogP contribution is -2.42. The highest BCUT2D eigenvalue weighted by Gasteiger charge is 2.23. The Balaban J connectivity index is 1.57. The zero-order valence-electron chi connectivity index (χ0n) is 19.0. The van der Waals surface area contributed by atoms with Crippen molar-refractivity contribution < 1.29 is 19.4 Å². The molecule has 1 aromatic carbocycles. The standard InChI is InChI=1S/C24H34N4O4/c1-18(30)23(15-22(31)17-29)27(2)21-5-3-4-19(14-21)20-6-7-24(26-16-20)25-8-9-28-10-12-32-13-11-28/h3-6,14,16,23-25,29H,7-13,15,17H2,1-2H3. The minimum absolute atomic E-state index is 0.00544. The molecule has 0 aromatic heterocycles. The summed E-state index contributed by atoms with van der Waals surface area (Å²) in [5, 5.41) is 12.6. The first-order valence-electron chi connectivity index (χ1n) is 11.2. The Morgan fingerprint density at radius 3 is 2.78 bits per heavy atom. The fourth-order valence-corrected chi connectivity index (χ4v) is 3.98. The molecule has 8 nitrogen and oxygen atoms in total. The minimum atomic E-state index is -0.598. The van der Waals surface area contributed by atoms with E-state index >= 15 is 0 Å². The van der Waals surface area contributed by atoms with Crippen molar-refractivity contribution >= 4 is 29.0 Å². The maximum atomic E-state index is 12.1. The number of rotatable bonds is 11. The van der Waals surface area contributed by atoms with E-state index in [4.69, 9.17) is 9.84 Å². The van der Waals surface area contributed by atoms with Crippen molar-refractivity contribution in [2.75, 3.05) is 57.9 Å². The van der Waals surface area contributed by atoms with Gasteiger partial charge in [0.1, 0.15) is 12.8 Å². The maximum Gasteiger partial charge on any atom is 0.160 e. The number of carbonyl (C=O) groups is 2. The molecule has 0 spiro atoms. The van der Waals surface area contributed by atoms with Crippen LogP contribution >= 0.6 is 0 Å². The second-order valence-electron chi connectivity index (χ2n) is 8.29. The normalized spacial score (nSPS) is 20.0. The predicted molar refractivity (Wildman–Crippen MR) is 126 cm³/mol. The van der Waals surface area contributed by atoms with Crippen LogP contribution in [0.15, 0.2) is 35.3 Å². The number of likely N-dealkylation sites (N-methyl/N-ethyl adjacent to an activating group) is 1. The largest absolute Gasteiger partial charge is 0.389 e. The zero-order valence-corrected chi connectivity index (χ0v) is 19.0. The Morgan fingerprint density at radius 1 is 1.34 bits per heavy atom. The molecule has 0 saturated carbocycles. The van der Waals surface area contributed by atoms with Gasteiger partial charge in [-0.3, -0.25) is 24.8 Å². The van der Waals surface area contributed by atoms with Crippen molar-refractivity contribution in [2.45, 2.75) is 32.0 Å². The number of anilines is 1. The average Bonchev–Trinajstić information content (AvgIpc) is 2.83. The molecule has 1 aromatic rings. The van der Waals surface area contributed by atoms with Gasteiger partial charge in [0.25, 0.3) is 0 Å². The van der Waals surface area contributed by atoms with Gasteiger partial charge < -0.3 is 14.7 Å². The summed E-state index contributed by atoms with van der Waals surface area (Å²) in [6, 6.07) is 7.28. The average molecular weight is 443 g/mol. The third-order valence-electron chi connectivity index (χ3n) is 5.99. The number of ether oxygens (including phenoxy) is 1. The zero-order chi connectivity index (χ0) is 22.9. The van der Waals surface area contributed by atoms with E-state index in [0.717, 1.165) is 62.6 Å². The Hall–Kier alpha value is -2.39. The molecule has 2 aliphatic rings. The van der Waals surface area contributed by atoms with Gasteiger partial charge in [-0.2, -0.15) is 0 Å². The predicted octanol–water partition coefficient (Wildman–Crippen LogP) is 1.14. The summed E-state index contributed by atoms with van der Waals surface area (Å²) in [5.41, 5.74) is 2.89. The number of benzene rings is 1. The van der Waals surface area contributed by atoms with Crippen molar-refractivity contribution in [2.24, 2.45) is 4.99 Å². The van der Waals surface area contributed by atoms with Gasteiger partial charge in [-0.25, -0.2) is 0 Å². The Bertz CT molecular complexity index is 848. The van der Waals surface area contributed by atoms with Crippen LogP contribution in [0.25, 0.3) is 5.57 Å². The van der Waals surface area contributed by atoms with Gasteiger partial charge in [0.05, 0.1) is 19.3 Å². The quantitative estimate of drug-likeness (QED) is 0.531. The van der Waals surface area contributed by atoms with E-state index in [1.807, 2.05) is 30.5 Å². The van der Waals surface area contributed by atoms with Crippen LogP contribution in [0.1, 0.15) is 25.3 Å². The molecule has 3 rings (SSSR count). The lowest BCUT2D eigenvalue weighted by molar-refractivity contribution is -0.126. The molecular formula is C24H34N4O4. The molecule has 2 aliphatic heterocycles. The number of dihydropyridines is 1. The highest BCUT2D eigenvalue weighted by atomic mass is 16.5. The van der Waals surface area contributed by atoms with Gasteiger partial charge in [-0.15, -0.1) is 0 Å². The number of nitrogens with zero attached hydrogens (tertiary/aromatic N) is 3. The van der Waals surface area contributed by atoms with Crippen LogP contribution in [-0.2, 0) is 14.3 Å². The van der Waals surface area contributed by atoms with Crippen LogP contribution in [0.4, 0.5) is 5.69 Å². The van der Waals surface area contributed by atoms with E-state index in [9.17, 15) is 9.59 Å². The van der Waals surface area contributed by atoms with Gasteiger partial charge in [0, 0.05) is 58.0 Å². The van der Waals surface area contributed by atoms with Gasteiger partial charge in [-0.05, 0) is 30.2 Å². The third kappa shape index (κ3) is 6.80. The van der Waals surface area contributed by atoms with Crippen molar-refractivity contribution in [1.82, 2.24) is 10.2 Å². The monoisotopic (exact) mass is 442 g/mol. The Kier molecular flexibility index (Phi) is 9.11. The van der Waals surface area contributed by atoms with Crippen molar-refractivity contribution in [3.05, 3.63) is 35.9 Å². The summed E-state index contributed by atoms with van der Waals surface area (Å²) in [7, 11) is 1.80. The molecule has 2 N–H and O–H groups in total. The van der Waals surface area contributed by atoms with Crippen LogP contribution in [0.3, 0.4) is 0 Å². The van der Waals surface area contributed by atoms with Crippen molar-refractivity contribution in [1.29, 1.82) is 0 Å². The summed E-state index contributed by atoms with van der Waals surface area (Å²) in [6.07, 6.45) is 4.96. The molecular weight excluding hydrogens is 408 g/mol. The second-order valence-corrected chi connectivity index (χ2v) is 8.29. The smallest absolute Gasteiger partial charge is 0.160 e. The first kappa shape index (κ1) is 24.3. The first-order chi connectivity index (χ1) is 15.5. The van der Waals surface area contributed by atoms with Crippen molar-refractivity contribution in [3.8, 4) is 0 Å². The van der Waals surface area contributed by atoms with Crippen LogP contribution in [0, 0.1) is 0 Å². The Morgan fingerprint density at radius 2 is 2.12 bits per heavy atom. The number of aliphatic imine (C=N–C) groups is 1. The molecule has 1 fully saturated rings. The summed E-state index contributed by atoms with van der Waals surface area (Å²) in [6.45, 7) is 6.41. The molecule has 32 heavy (non-hydrogen) atoms. The van der Waals surface area contributed by atoms with E-state index in [-0.39, 0.29) is 24.2 Å². The molecule has 8 heteroatoms. The highest BCUT2D eigenvalue weighted by Crippen LogP contribution is 2.24. The van der Waals surface area contributed by atoms with Crippen LogP contribution in [0.2, 0.25) is 0 Å². The fraction of sp³-hybridized carbons (Fsp3) is 0.542. The molecule has 1 saturated heterocycles. The third-order valence-corrected chi connectivity index (χ3v) is 5.99. The number of morpholine rings is 1. The lowest BCUT2D eigenvalue weighted by Gasteiger charge is -2.28. The molecule has 0 aliphatic carbocycles. The van der Waals surface area contributed by atoms with Gasteiger partial charge >= 0.3 is 0 Å². The van der Waals surface area contributed by atoms with E-state index in [1.54, 1.807) is 11.9 Å². The number of nitrogens with one attached hydrogen (secondary N) is 1. The summed E-state index contributed by atoms with van der Waals surface area (Å²) in [4.78, 5) is 32.7. The summed E-state index contributed by atoms with van der Waals surface area (Å²) in [5.74, 6) is -0.452. The topological polar surface area (TPSA) is 94.5 Å². The van der Waals surface area contributed by atoms with E-state index < -0.39 is 12.6 Å². The van der Waals surface area contributed by atoms with E-state index in [2.05, 4.69) is 21.3 Å². The lowest BCUT2D eigenvalue weighted by atomic mass is 10.0. The van der Waals surface area contributed by atoms with Crippen LogP contribution < -0.4 is 10.2 Å². The second kappa shape index (κ2) is 12.0. The van der Waals surface area contributed by atoms with E-state index in [0.29, 0.717) is 0 Å². The number of ketones is 2. The SMILES string of the molecule is CC(=O)C(CC(=O)CO)N(C)c1cccc(C2=CCC(NCCN3CCOCC3)N=C2)c1. The summed E-state index contributed by atoms with van der Waals surface area (Å²) < 4.78 is 5.38. The minimum Gasteiger partial charge on any atom is -0.389 e. The Labute approximate surface area is 189 Å². The highest BCUT2D eigenvalue weighted by molar-refractivity contribution is 6.10. The number of aliphatic hydroxyl groups excluding tert-OH is 1. The number of aliphatic hydroxyl groups is 1. The summed E-state index contributed by atoms with van der Waals surface area (Å²) >= 11 is 0. The molecule has 2 atom stereocenters. The number of Topliss-reactive ketones (excluding diaryl/α,β-unsaturated/α-hetero) is 2. The molecule has 0 radical (unpaired) electrons. The van der Waals surface area contributed by atoms with Gasteiger partial charge in [-0.1, -0.05) is 18.2 Å². The number of hydrogen-bond donors (Lipinski definition) is 2. The number of hydrogen-bond acceptors (Lipinski definition) is 8. The molecule has 2 heterocycles. The van der Waals surface area contributed by atoms with E-state index in [1.165, 1.54) is 6.92 Å².